The summed E-state index contributed by atoms with van der Waals surface area (Å²) in [6.07, 6.45) is -4.83. The van der Waals surface area contributed by atoms with E-state index in [1.807, 2.05) is 22.6 Å². The van der Waals surface area contributed by atoms with E-state index >= 15 is 0 Å². The summed E-state index contributed by atoms with van der Waals surface area (Å²) in [4.78, 5) is 15.2. The molecule has 1 aliphatic heterocycles. The van der Waals surface area contributed by atoms with E-state index in [9.17, 15) is 18.0 Å². The van der Waals surface area contributed by atoms with Crippen LogP contribution in [0.5, 0.6) is 0 Å². The number of rotatable bonds is 1. The third kappa shape index (κ3) is 4.90. The van der Waals surface area contributed by atoms with Crippen LogP contribution in [0.15, 0.2) is 18.2 Å². The number of carbonyl (C=O) groups excluding carboxylic acids is 1. The Morgan fingerprint density at radius 2 is 1.71 bits per heavy atom. The third-order valence-electron chi connectivity index (χ3n) is 3.54. The summed E-state index contributed by atoms with van der Waals surface area (Å²) < 4.78 is 45.6. The number of hydrogen-bond donors (Lipinski definition) is 0. The summed E-state index contributed by atoms with van der Waals surface area (Å²) in [7, 11) is 0. The predicted octanol–water partition coefficient (Wildman–Crippen LogP) is 4.37. The average molecular weight is 456 g/mol. The molecule has 1 aliphatic rings. The second-order valence-corrected chi connectivity index (χ2v) is 7.86. The van der Waals surface area contributed by atoms with Crippen LogP contribution in [0.25, 0.3) is 0 Å². The first kappa shape index (κ1) is 19.1. The molecule has 1 saturated heterocycles. The Hall–Kier alpha value is -1.19. The van der Waals surface area contributed by atoms with Crippen molar-refractivity contribution in [3.8, 4) is 0 Å². The highest BCUT2D eigenvalue weighted by molar-refractivity contribution is 14.1. The molecule has 1 aromatic rings. The van der Waals surface area contributed by atoms with Gasteiger partial charge in [-0.05, 0) is 61.6 Å². The lowest BCUT2D eigenvalue weighted by Gasteiger charge is -2.37. The lowest BCUT2D eigenvalue weighted by Crippen LogP contribution is -2.50. The molecule has 0 unspecified atom stereocenters. The smallest absolute Gasteiger partial charge is 0.418 e. The van der Waals surface area contributed by atoms with E-state index in [0.29, 0.717) is 29.7 Å². The second-order valence-electron chi connectivity index (χ2n) is 6.61. The zero-order valence-corrected chi connectivity index (χ0v) is 15.9. The molecular weight excluding hydrogens is 436 g/mol. The van der Waals surface area contributed by atoms with E-state index in [1.165, 1.54) is 11.0 Å². The monoisotopic (exact) mass is 456 g/mol. The number of nitrogens with zero attached hydrogens (tertiary/aromatic N) is 2. The normalized spacial score (nSPS) is 16.3. The fourth-order valence-electron chi connectivity index (χ4n) is 2.47. The fraction of sp³-hybridized carbons (Fsp3) is 0.562. The molecule has 1 heterocycles. The molecule has 1 fully saturated rings. The van der Waals surface area contributed by atoms with E-state index in [4.69, 9.17) is 4.74 Å². The largest absolute Gasteiger partial charge is 0.444 e. The zero-order valence-electron chi connectivity index (χ0n) is 13.8. The SMILES string of the molecule is CC(C)(C)OC(=O)N1CCN(c2ccc(I)cc2C(F)(F)F)CC1. The zero-order chi connectivity index (χ0) is 18.1. The van der Waals surface area contributed by atoms with E-state index in [-0.39, 0.29) is 5.69 Å². The summed E-state index contributed by atoms with van der Waals surface area (Å²) in [5, 5.41) is 0. The molecule has 0 saturated carbocycles. The third-order valence-corrected chi connectivity index (χ3v) is 4.21. The van der Waals surface area contributed by atoms with Crippen molar-refractivity contribution in [1.29, 1.82) is 0 Å². The molecule has 4 nitrogen and oxygen atoms in total. The van der Waals surface area contributed by atoms with Crippen molar-refractivity contribution in [2.24, 2.45) is 0 Å². The van der Waals surface area contributed by atoms with Crippen molar-refractivity contribution in [3.63, 3.8) is 0 Å². The number of piperazine rings is 1. The maximum Gasteiger partial charge on any atom is 0.418 e. The highest BCUT2D eigenvalue weighted by Gasteiger charge is 2.36. The molecule has 8 heteroatoms. The molecule has 0 aliphatic carbocycles. The lowest BCUT2D eigenvalue weighted by molar-refractivity contribution is -0.137. The van der Waals surface area contributed by atoms with Crippen molar-refractivity contribution < 1.29 is 22.7 Å². The fourth-order valence-corrected chi connectivity index (χ4v) is 2.96. The number of carbonyl (C=O) groups is 1. The van der Waals surface area contributed by atoms with Gasteiger partial charge in [0.1, 0.15) is 5.60 Å². The molecule has 0 aromatic heterocycles. The number of benzene rings is 1. The Morgan fingerprint density at radius 1 is 1.12 bits per heavy atom. The van der Waals surface area contributed by atoms with Crippen molar-refractivity contribution in [2.45, 2.75) is 32.5 Å². The van der Waals surface area contributed by atoms with Crippen LogP contribution in [-0.2, 0) is 10.9 Å². The van der Waals surface area contributed by atoms with Gasteiger partial charge in [0.15, 0.2) is 0 Å². The minimum Gasteiger partial charge on any atom is -0.444 e. The number of halogens is 4. The van der Waals surface area contributed by atoms with E-state index < -0.39 is 23.4 Å². The minimum atomic E-state index is -4.40. The molecule has 0 N–H and O–H groups in total. The van der Waals surface area contributed by atoms with Gasteiger partial charge in [-0.15, -0.1) is 0 Å². The molecule has 134 valence electrons. The van der Waals surface area contributed by atoms with Gasteiger partial charge in [-0.1, -0.05) is 0 Å². The standard InChI is InChI=1S/C16H20F3IN2O2/c1-15(2,3)24-14(23)22-8-6-21(7-9-22)13-5-4-11(20)10-12(13)16(17,18)19/h4-5,10H,6-9H2,1-3H3. The van der Waals surface area contributed by atoms with Crippen LogP contribution in [0.1, 0.15) is 26.3 Å². The van der Waals surface area contributed by atoms with Gasteiger partial charge >= 0.3 is 12.3 Å². The van der Waals surface area contributed by atoms with Gasteiger partial charge in [0, 0.05) is 35.4 Å². The van der Waals surface area contributed by atoms with Gasteiger partial charge in [-0.25, -0.2) is 4.79 Å². The Bertz CT molecular complexity index is 606. The number of hydrogen-bond acceptors (Lipinski definition) is 3. The van der Waals surface area contributed by atoms with Crippen molar-refractivity contribution in [1.82, 2.24) is 4.90 Å². The Balaban J connectivity index is 2.09. The topological polar surface area (TPSA) is 32.8 Å². The predicted molar refractivity (Wildman–Crippen MR) is 94.2 cm³/mol. The van der Waals surface area contributed by atoms with E-state index in [2.05, 4.69) is 0 Å². The average Bonchev–Trinajstić information content (AvgIpc) is 2.44. The van der Waals surface area contributed by atoms with Crippen LogP contribution < -0.4 is 4.90 Å². The molecule has 2 rings (SSSR count). The number of ether oxygens (including phenoxy) is 1. The van der Waals surface area contributed by atoms with Crippen LogP contribution in [0.4, 0.5) is 23.7 Å². The lowest BCUT2D eigenvalue weighted by atomic mass is 10.1. The molecule has 0 atom stereocenters. The van der Waals surface area contributed by atoms with E-state index in [1.54, 1.807) is 31.7 Å². The van der Waals surface area contributed by atoms with E-state index in [0.717, 1.165) is 6.07 Å². The van der Waals surface area contributed by atoms with Crippen LogP contribution in [0.2, 0.25) is 0 Å². The van der Waals surface area contributed by atoms with Crippen LogP contribution in [0, 0.1) is 3.57 Å². The Labute approximate surface area is 153 Å². The van der Waals surface area contributed by atoms with Crippen molar-refractivity contribution in [3.05, 3.63) is 27.3 Å². The molecule has 0 spiro atoms. The van der Waals surface area contributed by atoms with Crippen LogP contribution in [0.3, 0.4) is 0 Å². The molecule has 24 heavy (non-hydrogen) atoms. The summed E-state index contributed by atoms with van der Waals surface area (Å²) in [6, 6.07) is 4.30. The maximum absolute atomic E-state index is 13.3. The number of alkyl halides is 3. The highest BCUT2D eigenvalue weighted by atomic mass is 127. The van der Waals surface area contributed by atoms with Gasteiger partial charge in [0.2, 0.25) is 0 Å². The number of anilines is 1. The van der Waals surface area contributed by atoms with Crippen LogP contribution >= 0.6 is 22.6 Å². The van der Waals surface area contributed by atoms with Crippen molar-refractivity contribution >= 4 is 34.4 Å². The van der Waals surface area contributed by atoms with Crippen LogP contribution in [-0.4, -0.2) is 42.8 Å². The second kappa shape index (κ2) is 6.97. The van der Waals surface area contributed by atoms with Gasteiger partial charge in [0.25, 0.3) is 0 Å². The summed E-state index contributed by atoms with van der Waals surface area (Å²) in [5.41, 5.74) is -1.07. The van der Waals surface area contributed by atoms with Gasteiger partial charge < -0.3 is 14.5 Å². The Kier molecular flexibility index (Phi) is 5.56. The molecular formula is C16H20F3IN2O2. The molecule has 0 bridgehead atoms. The van der Waals surface area contributed by atoms with Gasteiger partial charge in [0.05, 0.1) is 5.56 Å². The number of amides is 1. The molecule has 1 amide bonds. The first-order valence-electron chi connectivity index (χ1n) is 7.57. The first-order valence-corrected chi connectivity index (χ1v) is 8.65. The molecule has 1 aromatic carbocycles. The quantitative estimate of drug-likeness (QED) is 0.589. The highest BCUT2D eigenvalue weighted by Crippen LogP contribution is 2.37. The minimum absolute atomic E-state index is 0.159. The summed E-state index contributed by atoms with van der Waals surface area (Å²) in [6.45, 7) is 6.68. The maximum atomic E-state index is 13.3. The summed E-state index contributed by atoms with van der Waals surface area (Å²) >= 11 is 1.87. The van der Waals surface area contributed by atoms with Gasteiger partial charge in [-0.3, -0.25) is 0 Å². The first-order chi connectivity index (χ1) is 11.0. The van der Waals surface area contributed by atoms with Crippen molar-refractivity contribution in [2.75, 3.05) is 31.1 Å². The summed E-state index contributed by atoms with van der Waals surface area (Å²) in [5.74, 6) is 0. The molecule has 0 radical (unpaired) electrons. The van der Waals surface area contributed by atoms with Gasteiger partial charge in [-0.2, -0.15) is 13.2 Å². The Morgan fingerprint density at radius 3 is 2.21 bits per heavy atom.